The molecule has 0 aromatic carbocycles. The lowest BCUT2D eigenvalue weighted by Crippen LogP contribution is -3.09. The standard InChI is InChI=1S/C16H35N.C8H18/c1-4-6-8-10-12-14-16-17(3)15-13-11-9-7-5-2;1-3-5-7-8-6-4-2/h4-16H2,1-3H3;3-8H2,1-2H3/p+1. The molecule has 0 aromatic rings. The first-order valence-corrected chi connectivity index (χ1v) is 12.0. The fraction of sp³-hybridized carbons (Fsp3) is 1.00. The molecule has 0 aliphatic carbocycles. The molecule has 0 amide bonds. The highest BCUT2D eigenvalue weighted by molar-refractivity contribution is 4.44. The molecule has 0 aromatic heterocycles. The predicted molar refractivity (Wildman–Crippen MR) is 118 cm³/mol. The van der Waals surface area contributed by atoms with Gasteiger partial charge in [0.2, 0.25) is 0 Å². The zero-order chi connectivity index (χ0) is 19.0. The molecule has 1 unspecified atom stereocenters. The predicted octanol–water partition coefficient (Wildman–Crippen LogP) is 7.20. The van der Waals surface area contributed by atoms with E-state index in [0.29, 0.717) is 0 Å². The molecular weight excluding hydrogens is 302 g/mol. The van der Waals surface area contributed by atoms with Crippen LogP contribution < -0.4 is 4.90 Å². The molecular formula is C24H54N+. The Bertz CT molecular complexity index is 196. The van der Waals surface area contributed by atoms with Crippen molar-refractivity contribution in [3.8, 4) is 0 Å². The van der Waals surface area contributed by atoms with E-state index >= 15 is 0 Å². The summed E-state index contributed by atoms with van der Waals surface area (Å²) in [6.45, 7) is 11.9. The number of rotatable bonds is 18. The van der Waals surface area contributed by atoms with Crippen LogP contribution in [-0.4, -0.2) is 20.1 Å². The molecule has 154 valence electrons. The lowest BCUT2D eigenvalue weighted by Gasteiger charge is -2.13. The molecule has 0 radical (unpaired) electrons. The Morgan fingerprint density at radius 1 is 0.360 bits per heavy atom. The van der Waals surface area contributed by atoms with E-state index in [1.54, 1.807) is 4.90 Å². The molecule has 0 aliphatic heterocycles. The minimum Gasteiger partial charge on any atom is -0.337 e. The van der Waals surface area contributed by atoms with E-state index in [1.165, 1.54) is 122 Å². The second-order valence-electron chi connectivity index (χ2n) is 8.05. The minimum absolute atomic E-state index is 1.36. The van der Waals surface area contributed by atoms with Crippen molar-refractivity contribution in [2.45, 2.75) is 137 Å². The normalized spacial score (nSPS) is 11.9. The zero-order valence-corrected chi connectivity index (χ0v) is 18.9. The van der Waals surface area contributed by atoms with Crippen molar-refractivity contribution in [1.29, 1.82) is 0 Å². The van der Waals surface area contributed by atoms with E-state index in [-0.39, 0.29) is 0 Å². The summed E-state index contributed by atoms with van der Waals surface area (Å²) >= 11 is 0. The van der Waals surface area contributed by atoms with Crippen LogP contribution in [0.4, 0.5) is 0 Å². The first-order valence-electron chi connectivity index (χ1n) is 12.0. The summed E-state index contributed by atoms with van der Waals surface area (Å²) < 4.78 is 0. The summed E-state index contributed by atoms with van der Waals surface area (Å²) in [5.41, 5.74) is 0. The summed E-state index contributed by atoms with van der Waals surface area (Å²) in [5.74, 6) is 0. The summed E-state index contributed by atoms with van der Waals surface area (Å²) in [7, 11) is 2.37. The van der Waals surface area contributed by atoms with Crippen LogP contribution >= 0.6 is 0 Å². The fourth-order valence-corrected chi connectivity index (χ4v) is 3.22. The molecule has 0 bridgehead atoms. The molecule has 1 N–H and O–H groups in total. The van der Waals surface area contributed by atoms with E-state index in [9.17, 15) is 0 Å². The SMILES string of the molecule is CCCCCCCC.CCCCCCCC[NH+](C)CCCCCCC. The molecule has 0 rings (SSSR count). The van der Waals surface area contributed by atoms with Crippen molar-refractivity contribution in [1.82, 2.24) is 0 Å². The number of quaternary nitrogens is 1. The van der Waals surface area contributed by atoms with Crippen LogP contribution in [0.15, 0.2) is 0 Å². The van der Waals surface area contributed by atoms with Crippen LogP contribution in [0.2, 0.25) is 0 Å². The molecule has 0 fully saturated rings. The van der Waals surface area contributed by atoms with E-state index in [1.807, 2.05) is 0 Å². The molecule has 0 saturated carbocycles. The number of nitrogens with one attached hydrogen (secondary N) is 1. The average Bonchev–Trinajstić information content (AvgIpc) is 2.62. The maximum atomic E-state index is 2.37. The van der Waals surface area contributed by atoms with Crippen LogP contribution in [0.1, 0.15) is 137 Å². The molecule has 25 heavy (non-hydrogen) atoms. The molecule has 0 aliphatic rings. The third kappa shape index (κ3) is 29.0. The maximum Gasteiger partial charge on any atom is 0.0768 e. The average molecular weight is 357 g/mol. The Kier molecular flexibility index (Phi) is 28.5. The number of unbranched alkanes of at least 4 members (excludes halogenated alkanes) is 14. The molecule has 1 nitrogen and oxygen atoms in total. The van der Waals surface area contributed by atoms with Gasteiger partial charge in [0.25, 0.3) is 0 Å². The quantitative estimate of drug-likeness (QED) is 0.248. The Balaban J connectivity index is 0. The van der Waals surface area contributed by atoms with Gasteiger partial charge in [0, 0.05) is 0 Å². The summed E-state index contributed by atoms with van der Waals surface area (Å²) in [4.78, 5) is 1.75. The summed E-state index contributed by atoms with van der Waals surface area (Å²) in [6, 6.07) is 0. The van der Waals surface area contributed by atoms with Crippen molar-refractivity contribution in [3.63, 3.8) is 0 Å². The molecule has 0 heterocycles. The van der Waals surface area contributed by atoms with Crippen LogP contribution in [-0.2, 0) is 0 Å². The van der Waals surface area contributed by atoms with Gasteiger partial charge >= 0.3 is 0 Å². The van der Waals surface area contributed by atoms with Crippen molar-refractivity contribution in [2.24, 2.45) is 0 Å². The van der Waals surface area contributed by atoms with Gasteiger partial charge in [-0.1, -0.05) is 111 Å². The van der Waals surface area contributed by atoms with Gasteiger partial charge in [-0.3, -0.25) is 0 Å². The monoisotopic (exact) mass is 356 g/mol. The van der Waals surface area contributed by atoms with Crippen molar-refractivity contribution >= 4 is 0 Å². The van der Waals surface area contributed by atoms with Gasteiger partial charge in [0.05, 0.1) is 20.1 Å². The molecule has 1 heteroatoms. The zero-order valence-electron chi connectivity index (χ0n) is 18.9. The smallest absolute Gasteiger partial charge is 0.0768 e. The third-order valence-corrected chi connectivity index (χ3v) is 5.12. The van der Waals surface area contributed by atoms with Gasteiger partial charge in [-0.05, 0) is 25.7 Å². The largest absolute Gasteiger partial charge is 0.337 e. The second-order valence-corrected chi connectivity index (χ2v) is 8.05. The van der Waals surface area contributed by atoms with E-state index in [0.717, 1.165) is 0 Å². The Morgan fingerprint density at radius 3 is 0.880 bits per heavy atom. The van der Waals surface area contributed by atoms with Crippen molar-refractivity contribution in [2.75, 3.05) is 20.1 Å². The highest BCUT2D eigenvalue weighted by atomic mass is 15.1. The van der Waals surface area contributed by atoms with Gasteiger partial charge < -0.3 is 4.90 Å². The van der Waals surface area contributed by atoms with Crippen LogP contribution in [0.5, 0.6) is 0 Å². The topological polar surface area (TPSA) is 4.44 Å². The lowest BCUT2D eigenvalue weighted by molar-refractivity contribution is -0.880. The van der Waals surface area contributed by atoms with Crippen LogP contribution in [0.25, 0.3) is 0 Å². The van der Waals surface area contributed by atoms with Crippen LogP contribution in [0, 0.1) is 0 Å². The molecule has 0 spiro atoms. The van der Waals surface area contributed by atoms with Gasteiger partial charge in [0.1, 0.15) is 0 Å². The van der Waals surface area contributed by atoms with Crippen molar-refractivity contribution < 1.29 is 4.90 Å². The van der Waals surface area contributed by atoms with Crippen LogP contribution in [0.3, 0.4) is 0 Å². The highest BCUT2D eigenvalue weighted by Gasteiger charge is 2.01. The van der Waals surface area contributed by atoms with Gasteiger partial charge in [0.15, 0.2) is 0 Å². The minimum atomic E-state index is 1.36. The van der Waals surface area contributed by atoms with Gasteiger partial charge in [-0.25, -0.2) is 0 Å². The van der Waals surface area contributed by atoms with Gasteiger partial charge in [-0.15, -0.1) is 0 Å². The van der Waals surface area contributed by atoms with Gasteiger partial charge in [-0.2, -0.15) is 0 Å². The first kappa shape index (κ1) is 27.2. The van der Waals surface area contributed by atoms with E-state index < -0.39 is 0 Å². The highest BCUT2D eigenvalue weighted by Crippen LogP contribution is 2.04. The molecule has 0 saturated heterocycles. The number of hydrogen-bond donors (Lipinski definition) is 1. The number of hydrogen-bond acceptors (Lipinski definition) is 0. The van der Waals surface area contributed by atoms with E-state index in [2.05, 4.69) is 34.7 Å². The molecule has 1 atom stereocenters. The summed E-state index contributed by atoms with van der Waals surface area (Å²) in [6.07, 6.45) is 24.2. The second kappa shape index (κ2) is 26.2. The summed E-state index contributed by atoms with van der Waals surface area (Å²) in [5, 5.41) is 0. The Hall–Kier alpha value is -0.0400. The third-order valence-electron chi connectivity index (χ3n) is 5.12. The first-order chi connectivity index (χ1) is 12.2. The van der Waals surface area contributed by atoms with Crippen molar-refractivity contribution in [3.05, 3.63) is 0 Å². The Labute approximate surface area is 162 Å². The maximum absolute atomic E-state index is 2.37. The lowest BCUT2D eigenvalue weighted by atomic mass is 10.1. The van der Waals surface area contributed by atoms with E-state index in [4.69, 9.17) is 0 Å². The fourth-order valence-electron chi connectivity index (χ4n) is 3.22. The Morgan fingerprint density at radius 2 is 0.600 bits per heavy atom.